The van der Waals surface area contributed by atoms with E-state index in [-0.39, 0.29) is 0 Å². The molecule has 0 spiro atoms. The summed E-state index contributed by atoms with van der Waals surface area (Å²) in [4.78, 5) is 0. The molecule has 0 aromatic carbocycles. The third-order valence-electron chi connectivity index (χ3n) is 2.15. The first kappa shape index (κ1) is 11.2. The van der Waals surface area contributed by atoms with E-state index in [1.807, 2.05) is 0 Å². The van der Waals surface area contributed by atoms with E-state index in [1.54, 1.807) is 0 Å². The van der Waals surface area contributed by atoms with Crippen molar-refractivity contribution in [3.05, 3.63) is 34.4 Å². The minimum atomic E-state index is 1.37. The molecule has 0 nitrogen and oxygen atoms in total. The minimum Gasteiger partial charge on any atom is -0.0841 e. The van der Waals surface area contributed by atoms with Crippen LogP contribution in [0.25, 0.3) is 0 Å². The average molecular weight is 164 g/mol. The van der Waals surface area contributed by atoms with Crippen LogP contribution in [-0.4, -0.2) is 0 Å². The van der Waals surface area contributed by atoms with Gasteiger partial charge in [0.15, 0.2) is 0 Å². The van der Waals surface area contributed by atoms with Crippen LogP contribution in [0, 0.1) is 0 Å². The lowest BCUT2D eigenvalue weighted by atomic mass is 9.96. The topological polar surface area (TPSA) is 0 Å². The molecule has 0 bridgehead atoms. The first-order valence-corrected chi connectivity index (χ1v) is 4.48. The predicted octanol–water partition coefficient (Wildman–Crippen LogP) is 4.26. The van der Waals surface area contributed by atoms with Crippen LogP contribution in [0.1, 0.15) is 41.5 Å². The maximum Gasteiger partial charge on any atom is -0.0218 e. The molecule has 0 aliphatic carbocycles. The quantitative estimate of drug-likeness (QED) is 0.535. The van der Waals surface area contributed by atoms with Crippen LogP contribution in [0.4, 0.5) is 0 Å². The lowest BCUT2D eigenvalue weighted by Gasteiger charge is -2.10. The Kier molecular flexibility index (Phi) is 4.65. The maximum atomic E-state index is 2.16. The van der Waals surface area contributed by atoms with Gasteiger partial charge in [0.25, 0.3) is 0 Å². The Labute approximate surface area is 76.7 Å². The molecule has 12 heavy (non-hydrogen) atoms. The summed E-state index contributed by atoms with van der Waals surface area (Å²) in [5.41, 5.74) is 5.53. The van der Waals surface area contributed by atoms with Gasteiger partial charge in [0.1, 0.15) is 0 Å². The molecule has 0 saturated carbocycles. The fourth-order valence-corrected chi connectivity index (χ4v) is 1.39. The Morgan fingerprint density at radius 2 is 1.08 bits per heavy atom. The molecule has 0 aliphatic rings. The number of rotatable bonds is 2. The van der Waals surface area contributed by atoms with E-state index in [0.29, 0.717) is 0 Å². The zero-order chi connectivity index (χ0) is 9.72. The highest BCUT2D eigenvalue weighted by Gasteiger charge is 2.02. The lowest BCUT2D eigenvalue weighted by Crippen LogP contribution is -1.90. The van der Waals surface area contributed by atoms with Crippen molar-refractivity contribution in [2.45, 2.75) is 41.5 Å². The number of hydrogen-bond donors (Lipinski definition) is 0. The lowest BCUT2D eigenvalue weighted by molar-refractivity contribution is 1.21. The van der Waals surface area contributed by atoms with Crippen LogP contribution in [0.15, 0.2) is 34.4 Å². The van der Waals surface area contributed by atoms with Gasteiger partial charge in [-0.3, -0.25) is 0 Å². The summed E-state index contributed by atoms with van der Waals surface area (Å²) in [6.45, 7) is 12.8. The normalized spacial score (nSPS) is 13.2. The standard InChI is InChI=1S/C12H20/c1-7-10(5)12(9(3)4)11(6)8-2/h7-8H,1-6H3. The highest BCUT2D eigenvalue weighted by Crippen LogP contribution is 2.22. The molecule has 0 N–H and O–H groups in total. The first-order chi connectivity index (χ1) is 5.54. The van der Waals surface area contributed by atoms with E-state index in [2.05, 4.69) is 53.7 Å². The van der Waals surface area contributed by atoms with Gasteiger partial charge < -0.3 is 0 Å². The molecule has 0 aromatic rings. The predicted molar refractivity (Wildman–Crippen MR) is 57.2 cm³/mol. The molecular formula is C12H20. The molecule has 0 amide bonds. The fourth-order valence-electron chi connectivity index (χ4n) is 1.39. The smallest absolute Gasteiger partial charge is 0.0218 e. The number of hydrogen-bond acceptors (Lipinski definition) is 0. The van der Waals surface area contributed by atoms with E-state index in [9.17, 15) is 0 Å². The molecule has 0 fully saturated rings. The summed E-state index contributed by atoms with van der Waals surface area (Å²) in [5.74, 6) is 0. The van der Waals surface area contributed by atoms with Crippen molar-refractivity contribution >= 4 is 0 Å². The molecule has 0 radical (unpaired) electrons. The zero-order valence-electron chi connectivity index (χ0n) is 9.15. The zero-order valence-corrected chi connectivity index (χ0v) is 9.15. The Hall–Kier alpha value is -0.780. The van der Waals surface area contributed by atoms with Crippen LogP contribution < -0.4 is 0 Å². The van der Waals surface area contributed by atoms with Crippen molar-refractivity contribution in [2.24, 2.45) is 0 Å². The second-order valence-corrected chi connectivity index (χ2v) is 3.32. The van der Waals surface area contributed by atoms with Crippen molar-refractivity contribution in [1.29, 1.82) is 0 Å². The van der Waals surface area contributed by atoms with Gasteiger partial charge in [0.05, 0.1) is 0 Å². The van der Waals surface area contributed by atoms with Crippen LogP contribution in [-0.2, 0) is 0 Å². The van der Waals surface area contributed by atoms with Gasteiger partial charge in [-0.2, -0.15) is 0 Å². The van der Waals surface area contributed by atoms with Crippen LogP contribution in [0.5, 0.6) is 0 Å². The van der Waals surface area contributed by atoms with Crippen LogP contribution in [0.3, 0.4) is 0 Å². The van der Waals surface area contributed by atoms with Gasteiger partial charge in [-0.05, 0) is 58.3 Å². The van der Waals surface area contributed by atoms with Crippen LogP contribution in [0.2, 0.25) is 0 Å². The Morgan fingerprint density at radius 1 is 0.750 bits per heavy atom. The molecule has 0 aromatic heterocycles. The first-order valence-electron chi connectivity index (χ1n) is 4.48. The molecule has 0 rings (SSSR count). The average Bonchev–Trinajstić information content (AvgIpc) is 2.03. The van der Waals surface area contributed by atoms with Gasteiger partial charge in [-0.25, -0.2) is 0 Å². The molecule has 0 heterocycles. The Morgan fingerprint density at radius 3 is 1.25 bits per heavy atom. The second kappa shape index (κ2) is 4.97. The Bertz CT molecular complexity index is 213. The van der Waals surface area contributed by atoms with Crippen molar-refractivity contribution in [2.75, 3.05) is 0 Å². The minimum absolute atomic E-state index is 1.37. The molecule has 0 aliphatic heterocycles. The van der Waals surface area contributed by atoms with Gasteiger partial charge >= 0.3 is 0 Å². The summed E-state index contributed by atoms with van der Waals surface area (Å²) in [6, 6.07) is 0. The summed E-state index contributed by atoms with van der Waals surface area (Å²) >= 11 is 0. The van der Waals surface area contributed by atoms with Gasteiger partial charge in [0, 0.05) is 0 Å². The van der Waals surface area contributed by atoms with Crippen molar-refractivity contribution in [3.8, 4) is 0 Å². The van der Waals surface area contributed by atoms with E-state index in [1.165, 1.54) is 22.3 Å². The summed E-state index contributed by atoms with van der Waals surface area (Å²) in [6.07, 6.45) is 4.32. The van der Waals surface area contributed by atoms with Gasteiger partial charge in [0.2, 0.25) is 0 Å². The summed E-state index contributed by atoms with van der Waals surface area (Å²) in [5, 5.41) is 0. The fraction of sp³-hybridized carbons (Fsp3) is 0.500. The highest BCUT2D eigenvalue weighted by molar-refractivity contribution is 5.46. The molecule has 0 heteroatoms. The Balaban J connectivity index is 5.11. The maximum absolute atomic E-state index is 2.16. The molecule has 0 atom stereocenters. The summed E-state index contributed by atoms with van der Waals surface area (Å²) in [7, 11) is 0. The molecule has 68 valence electrons. The third kappa shape index (κ3) is 2.69. The number of allylic oxidation sites excluding steroid dienone is 6. The summed E-state index contributed by atoms with van der Waals surface area (Å²) < 4.78 is 0. The monoisotopic (exact) mass is 164 g/mol. The van der Waals surface area contributed by atoms with Crippen molar-refractivity contribution < 1.29 is 0 Å². The van der Waals surface area contributed by atoms with E-state index >= 15 is 0 Å². The molecule has 0 unspecified atom stereocenters. The largest absolute Gasteiger partial charge is 0.0841 e. The van der Waals surface area contributed by atoms with Crippen molar-refractivity contribution in [1.82, 2.24) is 0 Å². The second-order valence-electron chi connectivity index (χ2n) is 3.32. The van der Waals surface area contributed by atoms with E-state index < -0.39 is 0 Å². The van der Waals surface area contributed by atoms with Gasteiger partial charge in [-0.1, -0.05) is 17.7 Å². The highest BCUT2D eigenvalue weighted by atomic mass is 14.1. The van der Waals surface area contributed by atoms with Gasteiger partial charge in [-0.15, -0.1) is 0 Å². The molecular weight excluding hydrogens is 144 g/mol. The van der Waals surface area contributed by atoms with E-state index in [4.69, 9.17) is 0 Å². The third-order valence-corrected chi connectivity index (χ3v) is 2.15. The van der Waals surface area contributed by atoms with Crippen molar-refractivity contribution in [3.63, 3.8) is 0 Å². The SMILES string of the molecule is CC=C(C)C(C(C)=CC)=C(C)C. The van der Waals surface area contributed by atoms with E-state index in [0.717, 1.165) is 0 Å². The van der Waals surface area contributed by atoms with Crippen LogP contribution >= 0.6 is 0 Å². The molecule has 0 saturated heterocycles.